The first-order valence-electron chi connectivity index (χ1n) is 3.40. The zero-order valence-electron chi connectivity index (χ0n) is 5.89. The van der Waals surface area contributed by atoms with Crippen LogP contribution in [0.25, 0.3) is 10.9 Å². The van der Waals surface area contributed by atoms with Gasteiger partial charge in [-0.3, -0.25) is 0 Å². The van der Waals surface area contributed by atoms with Crippen LogP contribution in [0.15, 0.2) is 30.5 Å². The van der Waals surface area contributed by atoms with Crippen LogP contribution in [0.3, 0.4) is 0 Å². The van der Waals surface area contributed by atoms with Gasteiger partial charge in [-0.15, -0.1) is 0 Å². The second-order valence-corrected chi connectivity index (χ2v) is 2.57. The highest BCUT2D eigenvalue weighted by Gasteiger charge is 1.90. The molecule has 52 valence electrons. The largest absolute Gasteiger partial charge is 0.361 e. The second kappa shape index (κ2) is 1.87. The smallest absolute Gasteiger partial charge is 0.0454 e. The Morgan fingerprint density at radius 1 is 1.30 bits per heavy atom. The Kier molecular flexibility index (Phi) is 1.04. The van der Waals surface area contributed by atoms with Crippen molar-refractivity contribution in [3.63, 3.8) is 0 Å². The fourth-order valence-electron chi connectivity index (χ4n) is 1.17. The van der Waals surface area contributed by atoms with Crippen molar-refractivity contribution < 1.29 is 1.43 Å². The van der Waals surface area contributed by atoms with Crippen LogP contribution in [-0.4, -0.2) is 4.98 Å². The van der Waals surface area contributed by atoms with Gasteiger partial charge in [0.1, 0.15) is 0 Å². The molecule has 10 heavy (non-hydrogen) atoms. The quantitative estimate of drug-likeness (QED) is 0.568. The number of hydrogen-bond donors (Lipinski definition) is 1. The minimum absolute atomic E-state index is 0. The van der Waals surface area contributed by atoms with Gasteiger partial charge < -0.3 is 4.98 Å². The van der Waals surface area contributed by atoms with Crippen molar-refractivity contribution in [2.24, 2.45) is 0 Å². The van der Waals surface area contributed by atoms with E-state index in [0.29, 0.717) is 0 Å². The maximum absolute atomic E-state index is 3.15. The standard InChI is InChI=1S/C9H9N.H2/c1-7-2-3-9-8(6-7)4-5-10-9;/h2-6,10H,1H3;1H. The molecule has 1 nitrogen and oxygen atoms in total. The predicted molar refractivity (Wildman–Crippen MR) is 45.1 cm³/mol. The number of H-pyrrole nitrogens is 1. The van der Waals surface area contributed by atoms with E-state index in [4.69, 9.17) is 0 Å². The van der Waals surface area contributed by atoms with E-state index in [1.165, 1.54) is 16.5 Å². The van der Waals surface area contributed by atoms with Crippen molar-refractivity contribution >= 4 is 10.9 Å². The maximum Gasteiger partial charge on any atom is 0.0454 e. The van der Waals surface area contributed by atoms with Crippen LogP contribution < -0.4 is 0 Å². The molecular formula is C9H11N. The van der Waals surface area contributed by atoms with Crippen molar-refractivity contribution in [3.05, 3.63) is 36.0 Å². The van der Waals surface area contributed by atoms with Crippen LogP contribution in [0.5, 0.6) is 0 Å². The molecule has 2 rings (SSSR count). The molecule has 1 heteroatoms. The van der Waals surface area contributed by atoms with E-state index in [-0.39, 0.29) is 1.43 Å². The summed E-state index contributed by atoms with van der Waals surface area (Å²) in [4.78, 5) is 3.15. The number of aromatic amines is 1. The lowest BCUT2D eigenvalue weighted by atomic mass is 10.2. The molecule has 0 aliphatic rings. The second-order valence-electron chi connectivity index (χ2n) is 2.57. The summed E-state index contributed by atoms with van der Waals surface area (Å²) in [7, 11) is 0. The van der Waals surface area contributed by atoms with Crippen LogP contribution >= 0.6 is 0 Å². The Balaban J connectivity index is 0.000000605. The van der Waals surface area contributed by atoms with Gasteiger partial charge in [-0.05, 0) is 30.5 Å². The van der Waals surface area contributed by atoms with Gasteiger partial charge in [0, 0.05) is 13.1 Å². The molecule has 0 bridgehead atoms. The minimum atomic E-state index is 0. The molecule has 1 N–H and O–H groups in total. The van der Waals surface area contributed by atoms with E-state index >= 15 is 0 Å². The van der Waals surface area contributed by atoms with E-state index < -0.39 is 0 Å². The number of hydrogen-bond acceptors (Lipinski definition) is 0. The van der Waals surface area contributed by atoms with E-state index in [1.54, 1.807) is 0 Å². The first kappa shape index (κ1) is 5.54. The molecule has 1 aromatic heterocycles. The zero-order valence-corrected chi connectivity index (χ0v) is 5.89. The van der Waals surface area contributed by atoms with E-state index in [9.17, 15) is 0 Å². The van der Waals surface area contributed by atoms with E-state index in [1.807, 2.05) is 6.20 Å². The van der Waals surface area contributed by atoms with Crippen molar-refractivity contribution in [2.45, 2.75) is 6.92 Å². The number of nitrogens with one attached hydrogen (secondary N) is 1. The van der Waals surface area contributed by atoms with Gasteiger partial charge in [0.15, 0.2) is 0 Å². The van der Waals surface area contributed by atoms with E-state index in [0.717, 1.165) is 0 Å². The molecule has 2 aromatic rings. The Bertz CT molecular complexity index is 351. The summed E-state index contributed by atoms with van der Waals surface area (Å²) in [6, 6.07) is 8.47. The van der Waals surface area contributed by atoms with Gasteiger partial charge in [0.05, 0.1) is 0 Å². The summed E-state index contributed by atoms with van der Waals surface area (Å²) in [6.07, 6.45) is 1.96. The highest BCUT2D eigenvalue weighted by Crippen LogP contribution is 2.12. The first-order chi connectivity index (χ1) is 4.86. The molecule has 0 aliphatic heterocycles. The number of aryl methyl sites for hydroxylation is 1. The average molecular weight is 133 g/mol. The molecule has 0 unspecified atom stereocenters. The first-order valence-corrected chi connectivity index (χ1v) is 3.40. The number of rotatable bonds is 0. The molecule has 0 fully saturated rings. The summed E-state index contributed by atoms with van der Waals surface area (Å²) < 4.78 is 0. The lowest BCUT2D eigenvalue weighted by Crippen LogP contribution is -1.69. The molecule has 0 atom stereocenters. The number of benzene rings is 1. The molecule has 1 aromatic carbocycles. The fourth-order valence-corrected chi connectivity index (χ4v) is 1.17. The summed E-state index contributed by atoms with van der Waals surface area (Å²) in [6.45, 7) is 2.10. The van der Waals surface area contributed by atoms with Crippen LogP contribution in [0.2, 0.25) is 0 Å². The summed E-state index contributed by atoms with van der Waals surface area (Å²) in [5.74, 6) is 0. The number of aromatic nitrogens is 1. The van der Waals surface area contributed by atoms with Gasteiger partial charge in [-0.2, -0.15) is 0 Å². The van der Waals surface area contributed by atoms with Crippen molar-refractivity contribution in [1.82, 2.24) is 4.98 Å². The molecule has 0 saturated heterocycles. The third-order valence-corrected chi connectivity index (χ3v) is 1.71. The Labute approximate surface area is 61.2 Å². The van der Waals surface area contributed by atoms with Crippen molar-refractivity contribution in [3.8, 4) is 0 Å². The minimum Gasteiger partial charge on any atom is -0.361 e. The molecule has 1 heterocycles. The monoisotopic (exact) mass is 133 g/mol. The average Bonchev–Trinajstić information content (AvgIpc) is 2.33. The van der Waals surface area contributed by atoms with Crippen molar-refractivity contribution in [2.75, 3.05) is 0 Å². The zero-order chi connectivity index (χ0) is 6.97. The normalized spacial score (nSPS) is 10.5. The molecule has 0 spiro atoms. The van der Waals surface area contributed by atoms with Gasteiger partial charge in [0.2, 0.25) is 0 Å². The summed E-state index contributed by atoms with van der Waals surface area (Å²) in [5, 5.41) is 1.29. The van der Waals surface area contributed by atoms with Gasteiger partial charge in [0.25, 0.3) is 0 Å². The Hall–Kier alpha value is -1.24. The van der Waals surface area contributed by atoms with Crippen LogP contribution in [0, 0.1) is 6.92 Å². The van der Waals surface area contributed by atoms with Gasteiger partial charge in [-0.25, -0.2) is 0 Å². The van der Waals surface area contributed by atoms with Crippen LogP contribution in [0.1, 0.15) is 6.99 Å². The lowest BCUT2D eigenvalue weighted by Gasteiger charge is -1.90. The highest BCUT2D eigenvalue weighted by atomic mass is 14.7. The molecule has 0 aliphatic carbocycles. The van der Waals surface area contributed by atoms with Gasteiger partial charge in [-0.1, -0.05) is 11.6 Å². The third-order valence-electron chi connectivity index (χ3n) is 1.71. The number of fused-ring (bicyclic) bond motifs is 1. The lowest BCUT2D eigenvalue weighted by molar-refractivity contribution is 1.46. The topological polar surface area (TPSA) is 15.8 Å². The van der Waals surface area contributed by atoms with Crippen LogP contribution in [-0.2, 0) is 0 Å². The SMILES string of the molecule is Cc1ccc2[nH]ccc2c1.[HH]. The Morgan fingerprint density at radius 2 is 2.20 bits per heavy atom. The van der Waals surface area contributed by atoms with Crippen LogP contribution in [0.4, 0.5) is 0 Å². The van der Waals surface area contributed by atoms with Crippen molar-refractivity contribution in [1.29, 1.82) is 0 Å². The molecule has 0 saturated carbocycles. The van der Waals surface area contributed by atoms with Gasteiger partial charge >= 0.3 is 0 Å². The third kappa shape index (κ3) is 0.711. The summed E-state index contributed by atoms with van der Waals surface area (Å²) in [5.41, 5.74) is 2.53. The maximum atomic E-state index is 3.15. The van der Waals surface area contributed by atoms with E-state index in [2.05, 4.69) is 36.2 Å². The molecule has 0 amide bonds. The summed E-state index contributed by atoms with van der Waals surface area (Å²) >= 11 is 0. The molecular weight excluding hydrogens is 122 g/mol. The Morgan fingerprint density at radius 3 is 3.10 bits per heavy atom. The predicted octanol–water partition coefficient (Wildman–Crippen LogP) is 2.72. The highest BCUT2D eigenvalue weighted by molar-refractivity contribution is 5.79. The fraction of sp³-hybridized carbons (Fsp3) is 0.111. The molecule has 0 radical (unpaired) electrons.